The van der Waals surface area contributed by atoms with Gasteiger partial charge >= 0.3 is 11.9 Å². The zero-order valence-electron chi connectivity index (χ0n) is 44.2. The molecule has 2 fully saturated rings. The van der Waals surface area contributed by atoms with Crippen LogP contribution < -0.4 is 0 Å². The number of ether oxygens (including phenoxy) is 6. The van der Waals surface area contributed by atoms with E-state index in [4.69, 9.17) is 28.4 Å². The summed E-state index contributed by atoms with van der Waals surface area (Å²) in [6.45, 7) is 2.54. The minimum atomic E-state index is -1.77. The molecule has 2 aliphatic heterocycles. The number of rotatable bonds is 45. The standard InChI is InChI=1S/C56H102O15/c1-3-5-7-9-11-13-15-17-18-19-20-21-22-23-24-25-27-28-30-32-34-36-38-47(58)66-41-44(69-48(59)39-37-35-33-31-29-26-16-14-12-10-8-6-4-2)42-67-55-54(65)52(63)50(61)46(71-55)43-68-56-53(64)51(62)49(60)45(40-57)70-56/h8,10,14,16,44-46,49-57,60-65H,3-7,9,11-13,15,17-43H2,1-2H3/b10-8-,16-14-. The fraction of sp³-hybridized carbons (Fsp3) is 0.893. The van der Waals surface area contributed by atoms with E-state index in [2.05, 4.69) is 38.2 Å². The summed E-state index contributed by atoms with van der Waals surface area (Å²) in [6.07, 6.45) is 29.3. The second kappa shape index (κ2) is 43.2. The predicted octanol–water partition coefficient (Wildman–Crippen LogP) is 9.11. The molecule has 15 heteroatoms. The molecule has 2 heterocycles. The van der Waals surface area contributed by atoms with Crippen molar-refractivity contribution >= 4 is 11.9 Å². The van der Waals surface area contributed by atoms with E-state index < -0.39 is 92.7 Å². The fourth-order valence-corrected chi connectivity index (χ4v) is 9.02. The Morgan fingerprint density at radius 2 is 0.873 bits per heavy atom. The summed E-state index contributed by atoms with van der Waals surface area (Å²) >= 11 is 0. The van der Waals surface area contributed by atoms with Crippen molar-refractivity contribution in [3.8, 4) is 0 Å². The molecule has 0 aromatic carbocycles. The van der Waals surface area contributed by atoms with Crippen molar-refractivity contribution in [3.63, 3.8) is 0 Å². The lowest BCUT2D eigenvalue weighted by molar-refractivity contribution is -0.332. The molecular formula is C56H102O15. The van der Waals surface area contributed by atoms with Gasteiger partial charge in [-0.25, -0.2) is 0 Å². The van der Waals surface area contributed by atoms with Crippen molar-refractivity contribution in [2.24, 2.45) is 0 Å². The van der Waals surface area contributed by atoms with Gasteiger partial charge in [-0.05, 0) is 38.5 Å². The van der Waals surface area contributed by atoms with Crippen molar-refractivity contribution in [1.29, 1.82) is 0 Å². The largest absolute Gasteiger partial charge is 0.462 e. The highest BCUT2D eigenvalue weighted by Gasteiger charge is 2.47. The average Bonchev–Trinajstić information content (AvgIpc) is 3.36. The third kappa shape index (κ3) is 30.8. The SMILES string of the molecule is CCC/C=C\C/C=C\CCCCCCCC(=O)OC(COC(=O)CCCCCCCCCCCCCCCCCCCCCCCC)COC1OC(COC2OC(CO)C(O)C(O)C2O)C(O)C(O)C1O. The summed E-state index contributed by atoms with van der Waals surface area (Å²) in [7, 11) is 0. The molecule has 0 spiro atoms. The van der Waals surface area contributed by atoms with Crippen LogP contribution in [0.15, 0.2) is 24.3 Å². The molecule has 2 saturated heterocycles. The van der Waals surface area contributed by atoms with Crippen molar-refractivity contribution in [1.82, 2.24) is 0 Å². The number of esters is 2. The molecule has 2 rings (SSSR count). The van der Waals surface area contributed by atoms with E-state index in [1.54, 1.807) is 0 Å². The van der Waals surface area contributed by atoms with Crippen LogP contribution in [0.1, 0.15) is 226 Å². The van der Waals surface area contributed by atoms with E-state index in [0.717, 1.165) is 70.6 Å². The molecule has 416 valence electrons. The van der Waals surface area contributed by atoms with Crippen molar-refractivity contribution in [2.75, 3.05) is 26.4 Å². The van der Waals surface area contributed by atoms with Crippen LogP contribution in [0.25, 0.3) is 0 Å². The summed E-state index contributed by atoms with van der Waals surface area (Å²) in [5.41, 5.74) is 0. The molecule has 11 unspecified atom stereocenters. The Kier molecular flexibility index (Phi) is 39.6. The van der Waals surface area contributed by atoms with Crippen LogP contribution in [0.4, 0.5) is 0 Å². The zero-order valence-corrected chi connectivity index (χ0v) is 44.2. The number of carbonyl (C=O) groups excluding carboxylic acids is 2. The van der Waals surface area contributed by atoms with E-state index in [1.165, 1.54) is 116 Å². The summed E-state index contributed by atoms with van der Waals surface area (Å²) in [5.74, 6) is -0.931. The number of unbranched alkanes of at least 4 members (excludes halogenated alkanes) is 27. The van der Waals surface area contributed by atoms with Gasteiger partial charge < -0.3 is 64.2 Å². The van der Waals surface area contributed by atoms with Gasteiger partial charge in [-0.3, -0.25) is 9.59 Å². The van der Waals surface area contributed by atoms with Gasteiger partial charge in [-0.2, -0.15) is 0 Å². The quantitative estimate of drug-likeness (QED) is 0.0171. The van der Waals surface area contributed by atoms with Crippen molar-refractivity contribution < 1.29 is 73.8 Å². The predicted molar refractivity (Wildman–Crippen MR) is 275 cm³/mol. The van der Waals surface area contributed by atoms with Crippen LogP contribution in [0.3, 0.4) is 0 Å². The van der Waals surface area contributed by atoms with Crippen LogP contribution >= 0.6 is 0 Å². The van der Waals surface area contributed by atoms with Gasteiger partial charge in [-0.1, -0.05) is 199 Å². The first-order valence-corrected chi connectivity index (χ1v) is 28.4. The highest BCUT2D eigenvalue weighted by atomic mass is 16.7. The summed E-state index contributed by atoms with van der Waals surface area (Å²) < 4.78 is 33.6. The molecule has 0 aromatic heterocycles. The fourth-order valence-electron chi connectivity index (χ4n) is 9.02. The number of hydrogen-bond acceptors (Lipinski definition) is 15. The highest BCUT2D eigenvalue weighted by molar-refractivity contribution is 5.70. The monoisotopic (exact) mass is 1010 g/mol. The molecule has 15 nitrogen and oxygen atoms in total. The average molecular weight is 1020 g/mol. The van der Waals surface area contributed by atoms with Crippen molar-refractivity contribution in [3.05, 3.63) is 24.3 Å². The van der Waals surface area contributed by atoms with Crippen LogP contribution in [-0.4, -0.2) is 142 Å². The number of aliphatic hydroxyl groups excluding tert-OH is 7. The first kappa shape index (κ1) is 65.1. The van der Waals surface area contributed by atoms with Crippen LogP contribution in [0.5, 0.6) is 0 Å². The van der Waals surface area contributed by atoms with E-state index in [1.807, 2.05) is 0 Å². The van der Waals surface area contributed by atoms with E-state index in [-0.39, 0.29) is 26.1 Å². The smallest absolute Gasteiger partial charge is 0.306 e. The number of carbonyl (C=O) groups is 2. The molecular weight excluding hydrogens is 913 g/mol. The summed E-state index contributed by atoms with van der Waals surface area (Å²) in [5, 5.41) is 72.2. The summed E-state index contributed by atoms with van der Waals surface area (Å²) in [6, 6.07) is 0. The van der Waals surface area contributed by atoms with Crippen LogP contribution in [0, 0.1) is 0 Å². The number of allylic oxidation sites excluding steroid dienone is 4. The lowest BCUT2D eigenvalue weighted by Gasteiger charge is -2.42. The van der Waals surface area contributed by atoms with Gasteiger partial charge in [0.2, 0.25) is 0 Å². The summed E-state index contributed by atoms with van der Waals surface area (Å²) in [4.78, 5) is 25.8. The van der Waals surface area contributed by atoms with Gasteiger partial charge in [-0.15, -0.1) is 0 Å². The zero-order chi connectivity index (χ0) is 51.7. The topological polar surface area (TPSA) is 231 Å². The lowest BCUT2D eigenvalue weighted by atomic mass is 9.98. The highest BCUT2D eigenvalue weighted by Crippen LogP contribution is 2.27. The molecule has 7 N–H and O–H groups in total. The van der Waals surface area contributed by atoms with Gasteiger partial charge in [0.1, 0.15) is 55.4 Å². The normalized spacial score (nSPS) is 25.3. The van der Waals surface area contributed by atoms with Crippen molar-refractivity contribution in [2.45, 2.75) is 293 Å². The Bertz CT molecular complexity index is 1330. The third-order valence-corrected chi connectivity index (χ3v) is 13.7. The maximum atomic E-state index is 13.0. The molecule has 71 heavy (non-hydrogen) atoms. The van der Waals surface area contributed by atoms with E-state index in [9.17, 15) is 45.3 Å². The Labute approximate surface area is 428 Å². The molecule has 2 aliphatic rings. The Morgan fingerprint density at radius 1 is 0.451 bits per heavy atom. The first-order chi connectivity index (χ1) is 34.5. The molecule has 0 aromatic rings. The number of aliphatic hydroxyl groups is 7. The maximum absolute atomic E-state index is 13.0. The van der Waals surface area contributed by atoms with Gasteiger partial charge in [0.25, 0.3) is 0 Å². The van der Waals surface area contributed by atoms with Crippen LogP contribution in [-0.2, 0) is 38.0 Å². The Morgan fingerprint density at radius 3 is 1.37 bits per heavy atom. The van der Waals surface area contributed by atoms with Gasteiger partial charge in [0.15, 0.2) is 18.7 Å². The van der Waals surface area contributed by atoms with Gasteiger partial charge in [0, 0.05) is 12.8 Å². The molecule has 0 saturated carbocycles. The molecule has 0 amide bonds. The Balaban J connectivity index is 1.73. The lowest BCUT2D eigenvalue weighted by Crippen LogP contribution is -2.61. The third-order valence-electron chi connectivity index (χ3n) is 13.7. The molecule has 0 radical (unpaired) electrons. The maximum Gasteiger partial charge on any atom is 0.306 e. The number of hydrogen-bond donors (Lipinski definition) is 7. The second-order valence-corrected chi connectivity index (χ2v) is 20.1. The van der Waals surface area contributed by atoms with E-state index >= 15 is 0 Å². The Hall–Kier alpha value is -2.02. The van der Waals surface area contributed by atoms with Crippen LogP contribution in [0.2, 0.25) is 0 Å². The van der Waals surface area contributed by atoms with Gasteiger partial charge in [0.05, 0.1) is 19.8 Å². The minimum absolute atomic E-state index is 0.152. The molecule has 0 bridgehead atoms. The molecule has 0 aliphatic carbocycles. The minimum Gasteiger partial charge on any atom is -0.462 e. The van der Waals surface area contributed by atoms with E-state index in [0.29, 0.717) is 12.8 Å². The molecule has 11 atom stereocenters. The first-order valence-electron chi connectivity index (χ1n) is 28.4. The second-order valence-electron chi connectivity index (χ2n) is 20.1.